The summed E-state index contributed by atoms with van der Waals surface area (Å²) in [5.74, 6) is 0.932. The summed E-state index contributed by atoms with van der Waals surface area (Å²) >= 11 is 0. The van der Waals surface area contributed by atoms with E-state index >= 15 is 0 Å². The summed E-state index contributed by atoms with van der Waals surface area (Å²) in [5, 5.41) is 0. The molecule has 1 saturated carbocycles. The number of hydrogen-bond acceptors (Lipinski definition) is 2. The van der Waals surface area contributed by atoms with Crippen molar-refractivity contribution in [2.75, 3.05) is 7.05 Å². The maximum absolute atomic E-state index is 12.5. The van der Waals surface area contributed by atoms with Gasteiger partial charge in [0.1, 0.15) is 0 Å². The number of benzene rings is 1. The third kappa shape index (κ3) is 4.31. The van der Waals surface area contributed by atoms with Gasteiger partial charge in [-0.05, 0) is 43.6 Å². The number of likely N-dealkylation sites (N-methyl/N-ethyl adjacent to an activating group) is 1. The second-order valence-electron chi connectivity index (χ2n) is 6.33. The first-order valence-corrected chi connectivity index (χ1v) is 8.18. The van der Waals surface area contributed by atoms with Crippen molar-refractivity contribution in [3.05, 3.63) is 35.9 Å². The molecule has 21 heavy (non-hydrogen) atoms. The fourth-order valence-corrected chi connectivity index (χ4v) is 3.34. The van der Waals surface area contributed by atoms with E-state index in [0.717, 1.165) is 24.3 Å². The van der Waals surface area contributed by atoms with Crippen LogP contribution in [0.3, 0.4) is 0 Å². The number of carbonyl (C=O) groups is 1. The van der Waals surface area contributed by atoms with Crippen LogP contribution < -0.4 is 5.73 Å². The topological polar surface area (TPSA) is 46.3 Å². The first-order chi connectivity index (χ1) is 10.1. The minimum Gasteiger partial charge on any atom is -0.341 e. The summed E-state index contributed by atoms with van der Waals surface area (Å²) in [7, 11) is 1.92. The summed E-state index contributed by atoms with van der Waals surface area (Å²) in [4.78, 5) is 14.4. The van der Waals surface area contributed by atoms with E-state index in [2.05, 4.69) is 6.92 Å². The van der Waals surface area contributed by atoms with E-state index in [9.17, 15) is 4.79 Å². The third-order valence-electron chi connectivity index (χ3n) is 4.90. The van der Waals surface area contributed by atoms with Gasteiger partial charge in [0.2, 0.25) is 5.91 Å². The fraction of sp³-hybridized carbons (Fsp3) is 0.611. The van der Waals surface area contributed by atoms with Crippen molar-refractivity contribution in [1.82, 2.24) is 4.90 Å². The Morgan fingerprint density at radius 2 is 1.86 bits per heavy atom. The first kappa shape index (κ1) is 16.0. The van der Waals surface area contributed by atoms with Crippen molar-refractivity contribution in [2.24, 2.45) is 11.7 Å². The second-order valence-corrected chi connectivity index (χ2v) is 6.33. The summed E-state index contributed by atoms with van der Waals surface area (Å²) < 4.78 is 0. The van der Waals surface area contributed by atoms with Crippen LogP contribution in [0.1, 0.15) is 44.6 Å². The zero-order valence-electron chi connectivity index (χ0n) is 13.3. The zero-order chi connectivity index (χ0) is 15.2. The van der Waals surface area contributed by atoms with Crippen LogP contribution in [0.15, 0.2) is 30.3 Å². The summed E-state index contributed by atoms with van der Waals surface area (Å²) in [6, 6.07) is 9.96. The van der Waals surface area contributed by atoms with Crippen LogP contribution in [0.25, 0.3) is 0 Å². The molecule has 1 atom stereocenters. The Morgan fingerprint density at radius 1 is 1.24 bits per heavy atom. The molecule has 0 bridgehead atoms. The number of carbonyl (C=O) groups excluding carboxylic acids is 1. The first-order valence-electron chi connectivity index (χ1n) is 8.18. The van der Waals surface area contributed by atoms with Gasteiger partial charge in [-0.2, -0.15) is 0 Å². The Labute approximate surface area is 128 Å². The lowest BCUT2D eigenvalue weighted by atomic mass is 9.84. The zero-order valence-corrected chi connectivity index (χ0v) is 13.3. The van der Waals surface area contributed by atoms with E-state index in [0.29, 0.717) is 12.5 Å². The monoisotopic (exact) mass is 288 g/mol. The van der Waals surface area contributed by atoms with Crippen molar-refractivity contribution < 1.29 is 4.79 Å². The lowest BCUT2D eigenvalue weighted by Gasteiger charge is -2.35. The second kappa shape index (κ2) is 7.60. The molecule has 1 aliphatic rings. The summed E-state index contributed by atoms with van der Waals surface area (Å²) in [6.07, 6.45) is 6.61. The number of nitrogens with two attached hydrogens (primary N) is 1. The Hall–Kier alpha value is -1.35. The molecule has 0 aliphatic heterocycles. The molecule has 0 aromatic heterocycles. The van der Waals surface area contributed by atoms with E-state index in [1.54, 1.807) is 0 Å². The van der Waals surface area contributed by atoms with E-state index in [1.165, 1.54) is 19.3 Å². The SMILES string of the molecule is CCC1CCC(N(C)C(=O)[C@@H](N)Cc2ccccc2)CC1. The molecular weight excluding hydrogens is 260 g/mol. The van der Waals surface area contributed by atoms with E-state index in [4.69, 9.17) is 5.73 Å². The van der Waals surface area contributed by atoms with E-state index in [-0.39, 0.29) is 5.91 Å². The molecule has 0 spiro atoms. The highest BCUT2D eigenvalue weighted by Crippen LogP contribution is 2.29. The average Bonchev–Trinajstić information content (AvgIpc) is 2.54. The molecule has 2 N–H and O–H groups in total. The van der Waals surface area contributed by atoms with Gasteiger partial charge in [-0.3, -0.25) is 4.79 Å². The Morgan fingerprint density at radius 3 is 2.43 bits per heavy atom. The summed E-state index contributed by atoms with van der Waals surface area (Å²) in [6.45, 7) is 2.26. The minimum absolute atomic E-state index is 0.0822. The number of amides is 1. The van der Waals surface area contributed by atoms with Gasteiger partial charge < -0.3 is 10.6 Å². The van der Waals surface area contributed by atoms with Crippen LogP contribution >= 0.6 is 0 Å². The molecule has 0 unspecified atom stereocenters. The molecule has 116 valence electrons. The van der Waals surface area contributed by atoms with Crippen molar-refractivity contribution in [3.8, 4) is 0 Å². The number of rotatable bonds is 5. The van der Waals surface area contributed by atoms with Crippen LogP contribution in [-0.2, 0) is 11.2 Å². The Balaban J connectivity index is 1.87. The normalized spacial score (nSPS) is 23.6. The van der Waals surface area contributed by atoms with Crippen molar-refractivity contribution >= 4 is 5.91 Å². The Kier molecular flexibility index (Phi) is 5.80. The van der Waals surface area contributed by atoms with Gasteiger partial charge in [0.15, 0.2) is 0 Å². The molecule has 1 aromatic carbocycles. The molecule has 1 aromatic rings. The molecular formula is C18H28N2O. The highest BCUT2D eigenvalue weighted by atomic mass is 16.2. The molecule has 1 fully saturated rings. The molecule has 3 heteroatoms. The molecule has 2 rings (SSSR count). The fourth-order valence-electron chi connectivity index (χ4n) is 3.34. The van der Waals surface area contributed by atoms with Crippen LogP contribution in [0.5, 0.6) is 0 Å². The average molecular weight is 288 g/mol. The van der Waals surface area contributed by atoms with Gasteiger partial charge in [-0.15, -0.1) is 0 Å². The third-order valence-corrected chi connectivity index (χ3v) is 4.90. The van der Waals surface area contributed by atoms with Crippen molar-refractivity contribution in [1.29, 1.82) is 0 Å². The lowest BCUT2D eigenvalue weighted by Crippen LogP contribution is -2.48. The highest BCUT2D eigenvalue weighted by molar-refractivity contribution is 5.82. The predicted octanol–water partition coefficient (Wildman–Crippen LogP) is 2.98. The highest BCUT2D eigenvalue weighted by Gasteiger charge is 2.28. The van der Waals surface area contributed by atoms with Crippen molar-refractivity contribution in [2.45, 2.75) is 57.5 Å². The molecule has 1 aliphatic carbocycles. The van der Waals surface area contributed by atoms with Gasteiger partial charge >= 0.3 is 0 Å². The quantitative estimate of drug-likeness (QED) is 0.905. The molecule has 0 radical (unpaired) electrons. The van der Waals surface area contributed by atoms with Crippen LogP contribution in [-0.4, -0.2) is 29.9 Å². The van der Waals surface area contributed by atoms with Gasteiger partial charge in [0, 0.05) is 13.1 Å². The predicted molar refractivity (Wildman–Crippen MR) is 86.9 cm³/mol. The van der Waals surface area contributed by atoms with E-state index in [1.807, 2.05) is 42.3 Å². The molecule has 1 amide bonds. The molecule has 0 heterocycles. The number of nitrogens with zero attached hydrogens (tertiary/aromatic N) is 1. The van der Waals surface area contributed by atoms with Gasteiger partial charge in [-0.1, -0.05) is 43.7 Å². The molecule has 0 saturated heterocycles. The van der Waals surface area contributed by atoms with Crippen LogP contribution in [0, 0.1) is 5.92 Å². The van der Waals surface area contributed by atoms with Crippen LogP contribution in [0.2, 0.25) is 0 Å². The van der Waals surface area contributed by atoms with Gasteiger partial charge in [0.25, 0.3) is 0 Å². The number of hydrogen-bond donors (Lipinski definition) is 1. The van der Waals surface area contributed by atoms with Gasteiger partial charge in [0.05, 0.1) is 6.04 Å². The largest absolute Gasteiger partial charge is 0.341 e. The van der Waals surface area contributed by atoms with Gasteiger partial charge in [-0.25, -0.2) is 0 Å². The van der Waals surface area contributed by atoms with Crippen LogP contribution in [0.4, 0.5) is 0 Å². The standard InChI is InChI=1S/C18H28N2O/c1-3-14-9-11-16(12-10-14)20(2)18(21)17(19)13-15-7-5-4-6-8-15/h4-8,14,16-17H,3,9-13,19H2,1-2H3/t14?,16?,17-/m0/s1. The molecule has 3 nitrogen and oxygen atoms in total. The maximum Gasteiger partial charge on any atom is 0.239 e. The summed E-state index contributed by atoms with van der Waals surface area (Å²) in [5.41, 5.74) is 7.25. The van der Waals surface area contributed by atoms with E-state index < -0.39 is 6.04 Å². The van der Waals surface area contributed by atoms with Crippen molar-refractivity contribution in [3.63, 3.8) is 0 Å². The minimum atomic E-state index is -0.429. The lowest BCUT2D eigenvalue weighted by molar-refractivity contribution is -0.134. The Bertz CT molecular complexity index is 438. The maximum atomic E-state index is 12.5. The smallest absolute Gasteiger partial charge is 0.239 e.